The predicted molar refractivity (Wildman–Crippen MR) is 104 cm³/mol. The van der Waals surface area contributed by atoms with E-state index in [1.54, 1.807) is 29.3 Å². The number of nitrogens with zero attached hydrogens (tertiary/aromatic N) is 5. The van der Waals surface area contributed by atoms with Gasteiger partial charge in [-0.2, -0.15) is 5.10 Å². The normalized spacial score (nSPS) is 14.5. The molecule has 0 unspecified atom stereocenters. The predicted octanol–water partition coefficient (Wildman–Crippen LogP) is 2.09. The minimum atomic E-state index is -3.29. The maximum atomic E-state index is 12.7. The summed E-state index contributed by atoms with van der Waals surface area (Å²) >= 11 is 6.25. The molecule has 0 radical (unpaired) electrons. The Labute approximate surface area is 163 Å². The van der Waals surface area contributed by atoms with E-state index in [-0.39, 0.29) is 29.3 Å². The number of anilines is 1. The molecule has 0 atom stereocenters. The van der Waals surface area contributed by atoms with Crippen molar-refractivity contribution >= 4 is 33.2 Å². The van der Waals surface area contributed by atoms with Crippen molar-refractivity contribution in [2.45, 2.75) is 31.4 Å². The fourth-order valence-corrected chi connectivity index (χ4v) is 4.58. The van der Waals surface area contributed by atoms with Gasteiger partial charge in [-0.15, -0.1) is 0 Å². The van der Waals surface area contributed by atoms with Crippen molar-refractivity contribution in [2.24, 2.45) is 0 Å². The molecule has 1 fully saturated rings. The number of carbonyl (C=O) groups is 1. The molecule has 2 aromatic rings. The SMILES string of the molecule is CCN(C(=O)CCN(C)S(=O)(=O)C1CC1)c1cn(-c2cccnc2)nc1Cl. The fraction of sp³-hybridized carbons (Fsp3) is 0.471. The van der Waals surface area contributed by atoms with E-state index >= 15 is 0 Å². The molecule has 3 rings (SSSR count). The maximum Gasteiger partial charge on any atom is 0.228 e. The summed E-state index contributed by atoms with van der Waals surface area (Å²) in [7, 11) is -1.77. The molecule has 1 aliphatic rings. The highest BCUT2D eigenvalue weighted by Gasteiger charge is 2.38. The second kappa shape index (κ2) is 7.95. The number of hydrogen-bond donors (Lipinski definition) is 0. The van der Waals surface area contributed by atoms with Crippen LogP contribution in [0.4, 0.5) is 5.69 Å². The first-order valence-corrected chi connectivity index (χ1v) is 10.6. The number of halogens is 1. The summed E-state index contributed by atoms with van der Waals surface area (Å²) < 4.78 is 27.2. The van der Waals surface area contributed by atoms with E-state index in [0.717, 1.165) is 5.69 Å². The van der Waals surface area contributed by atoms with Crippen LogP contribution in [0.1, 0.15) is 26.2 Å². The standard InChI is InChI=1S/C17H22ClN5O3S/c1-3-22(16(24)8-10-21(2)27(25,26)14-6-7-14)15-12-23(20-17(15)18)13-5-4-9-19-11-13/h4-5,9,11-12,14H,3,6-8,10H2,1-2H3. The van der Waals surface area contributed by atoms with E-state index in [1.165, 1.54) is 16.3 Å². The Morgan fingerprint density at radius 2 is 2.15 bits per heavy atom. The molecule has 0 aromatic carbocycles. The van der Waals surface area contributed by atoms with Crippen LogP contribution in [0.5, 0.6) is 0 Å². The molecule has 146 valence electrons. The second-order valence-corrected chi connectivity index (χ2v) is 9.09. The minimum absolute atomic E-state index is 0.0741. The number of pyridine rings is 1. The summed E-state index contributed by atoms with van der Waals surface area (Å²) in [6.45, 7) is 2.37. The molecule has 1 saturated carbocycles. The van der Waals surface area contributed by atoms with Gasteiger partial charge in [0, 0.05) is 32.8 Å². The summed E-state index contributed by atoms with van der Waals surface area (Å²) in [5.74, 6) is -0.206. The van der Waals surface area contributed by atoms with Gasteiger partial charge < -0.3 is 4.90 Å². The van der Waals surface area contributed by atoms with Crippen molar-refractivity contribution in [3.05, 3.63) is 35.9 Å². The van der Waals surface area contributed by atoms with Crippen LogP contribution in [0, 0.1) is 0 Å². The molecule has 10 heteroatoms. The van der Waals surface area contributed by atoms with Crippen molar-refractivity contribution < 1.29 is 13.2 Å². The number of amides is 1. The number of rotatable bonds is 8. The lowest BCUT2D eigenvalue weighted by Crippen LogP contribution is -2.36. The zero-order chi connectivity index (χ0) is 19.6. The van der Waals surface area contributed by atoms with Crippen molar-refractivity contribution in [3.8, 4) is 5.69 Å². The lowest BCUT2D eigenvalue weighted by molar-refractivity contribution is -0.118. The third-order valence-electron chi connectivity index (χ3n) is 4.49. The van der Waals surface area contributed by atoms with Gasteiger partial charge in [0.2, 0.25) is 15.9 Å². The molecule has 27 heavy (non-hydrogen) atoms. The average molecular weight is 412 g/mol. The average Bonchev–Trinajstić information content (AvgIpc) is 3.46. The van der Waals surface area contributed by atoms with Crippen LogP contribution in [0.2, 0.25) is 5.15 Å². The molecule has 0 N–H and O–H groups in total. The smallest absolute Gasteiger partial charge is 0.228 e. The summed E-state index contributed by atoms with van der Waals surface area (Å²) in [5.41, 5.74) is 1.21. The van der Waals surface area contributed by atoms with E-state index < -0.39 is 10.0 Å². The Balaban J connectivity index is 1.71. The Morgan fingerprint density at radius 3 is 2.74 bits per heavy atom. The van der Waals surface area contributed by atoms with Gasteiger partial charge in [-0.25, -0.2) is 17.4 Å². The molecule has 1 amide bonds. The lowest BCUT2D eigenvalue weighted by Gasteiger charge is -2.22. The van der Waals surface area contributed by atoms with Crippen LogP contribution in [-0.4, -0.2) is 58.8 Å². The molecule has 0 bridgehead atoms. The number of carbonyl (C=O) groups excluding carboxylic acids is 1. The molecule has 0 spiro atoms. The third kappa shape index (κ3) is 4.31. The molecule has 0 saturated heterocycles. The monoisotopic (exact) mass is 411 g/mol. The topological polar surface area (TPSA) is 88.4 Å². The Kier molecular flexibility index (Phi) is 5.83. The molecule has 1 aliphatic carbocycles. The highest BCUT2D eigenvalue weighted by molar-refractivity contribution is 7.90. The second-order valence-electron chi connectivity index (χ2n) is 6.41. The Hall–Kier alpha value is -1.97. The van der Waals surface area contributed by atoms with Gasteiger partial charge in [-0.3, -0.25) is 9.78 Å². The van der Waals surface area contributed by atoms with Gasteiger partial charge in [-0.05, 0) is 31.9 Å². The summed E-state index contributed by atoms with van der Waals surface area (Å²) in [6, 6.07) is 3.61. The van der Waals surface area contributed by atoms with E-state index in [0.29, 0.717) is 25.1 Å². The van der Waals surface area contributed by atoms with E-state index in [2.05, 4.69) is 10.1 Å². The van der Waals surface area contributed by atoms with Gasteiger partial charge in [0.05, 0.1) is 23.3 Å². The molecular weight excluding hydrogens is 390 g/mol. The van der Waals surface area contributed by atoms with E-state index in [4.69, 9.17) is 11.6 Å². The van der Waals surface area contributed by atoms with Crippen molar-refractivity contribution in [1.29, 1.82) is 0 Å². The van der Waals surface area contributed by atoms with Crippen molar-refractivity contribution in [3.63, 3.8) is 0 Å². The highest BCUT2D eigenvalue weighted by Crippen LogP contribution is 2.30. The number of aromatic nitrogens is 3. The third-order valence-corrected chi connectivity index (χ3v) is 7.13. The molecular formula is C17H22ClN5O3S. The maximum absolute atomic E-state index is 12.7. The Morgan fingerprint density at radius 1 is 1.41 bits per heavy atom. The van der Waals surface area contributed by atoms with Crippen LogP contribution in [0.25, 0.3) is 5.69 Å². The first-order chi connectivity index (χ1) is 12.8. The first-order valence-electron chi connectivity index (χ1n) is 8.75. The van der Waals surface area contributed by atoms with Gasteiger partial charge in [0.15, 0.2) is 5.15 Å². The molecule has 8 nitrogen and oxygen atoms in total. The van der Waals surface area contributed by atoms with Crippen LogP contribution < -0.4 is 4.90 Å². The van der Waals surface area contributed by atoms with Gasteiger partial charge in [0.25, 0.3) is 0 Å². The minimum Gasteiger partial charge on any atom is -0.308 e. The number of hydrogen-bond acceptors (Lipinski definition) is 5. The highest BCUT2D eigenvalue weighted by atomic mass is 35.5. The lowest BCUT2D eigenvalue weighted by atomic mass is 10.3. The summed E-state index contributed by atoms with van der Waals surface area (Å²) in [6.07, 6.45) is 6.44. The van der Waals surface area contributed by atoms with Gasteiger partial charge in [0.1, 0.15) is 5.69 Å². The van der Waals surface area contributed by atoms with Crippen LogP contribution in [-0.2, 0) is 14.8 Å². The largest absolute Gasteiger partial charge is 0.308 e. The zero-order valence-electron chi connectivity index (χ0n) is 15.2. The molecule has 2 heterocycles. The van der Waals surface area contributed by atoms with E-state index in [9.17, 15) is 13.2 Å². The number of sulfonamides is 1. The van der Waals surface area contributed by atoms with Crippen LogP contribution in [0.15, 0.2) is 30.7 Å². The summed E-state index contributed by atoms with van der Waals surface area (Å²) in [4.78, 5) is 18.2. The Bertz CT molecular complexity index is 912. The van der Waals surface area contributed by atoms with Crippen LogP contribution in [0.3, 0.4) is 0 Å². The molecule has 0 aliphatic heterocycles. The molecule has 2 aromatic heterocycles. The van der Waals surface area contributed by atoms with Crippen LogP contribution >= 0.6 is 11.6 Å². The summed E-state index contributed by atoms with van der Waals surface area (Å²) in [5, 5.41) is 4.16. The van der Waals surface area contributed by atoms with E-state index in [1.807, 2.05) is 13.0 Å². The fourth-order valence-electron chi connectivity index (χ4n) is 2.76. The first kappa shape index (κ1) is 19.8. The van der Waals surface area contributed by atoms with Crippen molar-refractivity contribution in [2.75, 3.05) is 25.0 Å². The van der Waals surface area contributed by atoms with Crippen molar-refractivity contribution in [1.82, 2.24) is 19.1 Å². The zero-order valence-corrected chi connectivity index (χ0v) is 16.8. The van der Waals surface area contributed by atoms with Gasteiger partial charge >= 0.3 is 0 Å². The van der Waals surface area contributed by atoms with Gasteiger partial charge in [-0.1, -0.05) is 11.6 Å². The quantitative estimate of drug-likeness (QED) is 0.663.